The zero-order valence-electron chi connectivity index (χ0n) is 13.6. The lowest BCUT2D eigenvalue weighted by Gasteiger charge is -2.10. The van der Waals surface area contributed by atoms with Crippen LogP contribution in [0.4, 0.5) is 20.2 Å². The Morgan fingerprint density at radius 2 is 1.85 bits per heavy atom. The summed E-state index contributed by atoms with van der Waals surface area (Å²) >= 11 is 0. The topological polar surface area (TPSA) is 56.9 Å². The predicted octanol–water partition coefficient (Wildman–Crippen LogP) is 4.40. The third-order valence-electron chi connectivity index (χ3n) is 4.26. The molecule has 1 aromatic heterocycles. The molecule has 0 spiro atoms. The Kier molecular flexibility index (Phi) is 4.01. The zero-order valence-corrected chi connectivity index (χ0v) is 13.6. The van der Waals surface area contributed by atoms with Crippen LogP contribution in [0.25, 0.3) is 11.6 Å². The summed E-state index contributed by atoms with van der Waals surface area (Å²) in [6, 6.07) is 12.8. The van der Waals surface area contributed by atoms with Crippen molar-refractivity contribution in [2.45, 2.75) is 6.54 Å². The number of carbonyl (C=O) groups excluding carboxylic acids is 1. The SMILES string of the molecule is O=C1Nc2ccc(NCc3c(F)cccc3F)cc2/C1=C/c1ccc[nH]1. The van der Waals surface area contributed by atoms with Crippen LogP contribution >= 0.6 is 0 Å². The fraction of sp³-hybridized carbons (Fsp3) is 0.0500. The first-order valence-electron chi connectivity index (χ1n) is 8.09. The van der Waals surface area contributed by atoms with Crippen molar-refractivity contribution in [2.75, 3.05) is 10.6 Å². The maximum atomic E-state index is 13.8. The van der Waals surface area contributed by atoms with Gasteiger partial charge in [-0.25, -0.2) is 8.78 Å². The normalized spacial score (nSPS) is 14.4. The van der Waals surface area contributed by atoms with Gasteiger partial charge in [-0.15, -0.1) is 0 Å². The number of anilines is 2. The first-order chi connectivity index (χ1) is 12.6. The average Bonchev–Trinajstić information content (AvgIpc) is 3.23. The van der Waals surface area contributed by atoms with E-state index >= 15 is 0 Å². The summed E-state index contributed by atoms with van der Waals surface area (Å²) in [6.07, 6.45) is 3.54. The number of hydrogen-bond donors (Lipinski definition) is 3. The molecule has 2 heterocycles. The van der Waals surface area contributed by atoms with Gasteiger partial charge < -0.3 is 15.6 Å². The van der Waals surface area contributed by atoms with Gasteiger partial charge in [-0.1, -0.05) is 6.07 Å². The van der Waals surface area contributed by atoms with Crippen LogP contribution < -0.4 is 10.6 Å². The highest BCUT2D eigenvalue weighted by Crippen LogP contribution is 2.35. The van der Waals surface area contributed by atoms with E-state index in [9.17, 15) is 13.6 Å². The Morgan fingerprint density at radius 1 is 1.04 bits per heavy atom. The van der Waals surface area contributed by atoms with E-state index in [1.54, 1.807) is 30.5 Å². The molecule has 3 aromatic rings. The van der Waals surface area contributed by atoms with Crippen LogP contribution in [0.5, 0.6) is 0 Å². The summed E-state index contributed by atoms with van der Waals surface area (Å²) in [4.78, 5) is 15.3. The summed E-state index contributed by atoms with van der Waals surface area (Å²) in [5.41, 5.74) is 3.43. The minimum Gasteiger partial charge on any atom is -0.381 e. The Balaban J connectivity index is 1.61. The Morgan fingerprint density at radius 3 is 2.58 bits per heavy atom. The first-order valence-corrected chi connectivity index (χ1v) is 8.09. The molecule has 4 nitrogen and oxygen atoms in total. The van der Waals surface area contributed by atoms with Crippen LogP contribution in [0.15, 0.2) is 54.7 Å². The molecular weight excluding hydrogens is 336 g/mol. The number of hydrogen-bond acceptors (Lipinski definition) is 2. The number of aromatic nitrogens is 1. The molecule has 26 heavy (non-hydrogen) atoms. The monoisotopic (exact) mass is 351 g/mol. The lowest BCUT2D eigenvalue weighted by Crippen LogP contribution is -2.04. The molecule has 0 aliphatic carbocycles. The lowest BCUT2D eigenvalue weighted by molar-refractivity contribution is -0.110. The summed E-state index contributed by atoms with van der Waals surface area (Å²) in [6.45, 7) is 0.00828. The molecule has 0 fully saturated rings. The van der Waals surface area contributed by atoms with Crippen molar-refractivity contribution >= 4 is 28.9 Å². The predicted molar refractivity (Wildman–Crippen MR) is 97.4 cm³/mol. The number of halogens is 2. The Hall–Kier alpha value is -3.41. The van der Waals surface area contributed by atoms with Gasteiger partial charge in [0.2, 0.25) is 0 Å². The van der Waals surface area contributed by atoms with Crippen LogP contribution in [0.2, 0.25) is 0 Å². The number of nitrogens with one attached hydrogen (secondary N) is 3. The molecule has 0 bridgehead atoms. The van der Waals surface area contributed by atoms with Crippen molar-refractivity contribution in [1.29, 1.82) is 0 Å². The van der Waals surface area contributed by atoms with E-state index in [1.807, 2.05) is 12.1 Å². The van der Waals surface area contributed by atoms with E-state index in [-0.39, 0.29) is 18.0 Å². The summed E-state index contributed by atoms with van der Waals surface area (Å²) in [7, 11) is 0. The van der Waals surface area contributed by atoms with Gasteiger partial charge in [-0.05, 0) is 48.5 Å². The van der Waals surface area contributed by atoms with E-state index in [2.05, 4.69) is 15.6 Å². The third kappa shape index (κ3) is 2.97. The highest BCUT2D eigenvalue weighted by Gasteiger charge is 2.24. The Labute approximate surface area is 148 Å². The van der Waals surface area contributed by atoms with Gasteiger partial charge >= 0.3 is 0 Å². The molecule has 1 aliphatic heterocycles. The van der Waals surface area contributed by atoms with E-state index in [4.69, 9.17) is 0 Å². The number of rotatable bonds is 4. The van der Waals surface area contributed by atoms with E-state index < -0.39 is 11.6 Å². The van der Waals surface area contributed by atoms with Crippen molar-refractivity contribution in [2.24, 2.45) is 0 Å². The molecule has 2 aromatic carbocycles. The van der Waals surface area contributed by atoms with Crippen molar-refractivity contribution < 1.29 is 13.6 Å². The van der Waals surface area contributed by atoms with Crippen LogP contribution in [0, 0.1) is 11.6 Å². The van der Waals surface area contributed by atoms with E-state index in [1.165, 1.54) is 18.2 Å². The van der Waals surface area contributed by atoms with Gasteiger partial charge in [-0.3, -0.25) is 4.79 Å². The highest BCUT2D eigenvalue weighted by molar-refractivity contribution is 6.35. The quantitative estimate of drug-likeness (QED) is 0.610. The maximum Gasteiger partial charge on any atom is 0.256 e. The second kappa shape index (κ2) is 6.48. The smallest absolute Gasteiger partial charge is 0.256 e. The second-order valence-corrected chi connectivity index (χ2v) is 5.95. The maximum absolute atomic E-state index is 13.8. The summed E-state index contributed by atoms with van der Waals surface area (Å²) in [5, 5.41) is 5.82. The van der Waals surface area contributed by atoms with Gasteiger partial charge in [0.1, 0.15) is 11.6 Å². The fourth-order valence-corrected chi connectivity index (χ4v) is 2.92. The average molecular weight is 351 g/mol. The summed E-state index contributed by atoms with van der Waals surface area (Å²) < 4.78 is 27.5. The molecular formula is C20H15F2N3O. The van der Waals surface area contributed by atoms with Crippen LogP contribution in [0.1, 0.15) is 16.8 Å². The second-order valence-electron chi connectivity index (χ2n) is 5.95. The molecule has 0 radical (unpaired) electrons. The van der Waals surface area contributed by atoms with Crippen molar-refractivity contribution in [3.8, 4) is 0 Å². The van der Waals surface area contributed by atoms with Gasteiger partial charge in [0, 0.05) is 40.9 Å². The largest absolute Gasteiger partial charge is 0.381 e. The van der Waals surface area contributed by atoms with Crippen LogP contribution in [0.3, 0.4) is 0 Å². The number of benzene rings is 2. The fourth-order valence-electron chi connectivity index (χ4n) is 2.92. The third-order valence-corrected chi connectivity index (χ3v) is 4.26. The first kappa shape index (κ1) is 16.1. The van der Waals surface area contributed by atoms with Gasteiger partial charge in [0.25, 0.3) is 5.91 Å². The molecule has 6 heteroatoms. The van der Waals surface area contributed by atoms with Gasteiger partial charge in [0.15, 0.2) is 0 Å². The van der Waals surface area contributed by atoms with E-state index in [0.717, 1.165) is 11.3 Å². The molecule has 3 N–H and O–H groups in total. The molecule has 0 saturated heterocycles. The number of amides is 1. The minimum atomic E-state index is -0.595. The molecule has 4 rings (SSSR count). The molecule has 0 unspecified atom stereocenters. The molecule has 0 atom stereocenters. The van der Waals surface area contributed by atoms with Crippen molar-refractivity contribution in [3.05, 3.63) is 83.2 Å². The van der Waals surface area contributed by atoms with E-state index in [0.29, 0.717) is 16.9 Å². The van der Waals surface area contributed by atoms with Crippen LogP contribution in [-0.4, -0.2) is 10.9 Å². The molecule has 1 amide bonds. The lowest BCUT2D eigenvalue weighted by atomic mass is 10.0. The minimum absolute atomic E-state index is 0.00828. The molecule has 1 aliphatic rings. The molecule has 0 saturated carbocycles. The number of fused-ring (bicyclic) bond motifs is 1. The number of carbonyl (C=O) groups is 1. The van der Waals surface area contributed by atoms with Gasteiger partial charge in [0.05, 0.1) is 5.57 Å². The van der Waals surface area contributed by atoms with Crippen molar-refractivity contribution in [1.82, 2.24) is 4.98 Å². The standard InChI is InChI=1S/C20H15F2N3O/c21-17-4-1-5-18(22)16(17)11-24-13-6-7-19-14(9-13)15(20(26)25-19)10-12-3-2-8-23-12/h1-10,23-24H,11H2,(H,25,26)/b15-10-. The highest BCUT2D eigenvalue weighted by atomic mass is 19.1. The summed E-state index contributed by atoms with van der Waals surface area (Å²) in [5.74, 6) is -1.38. The van der Waals surface area contributed by atoms with Crippen LogP contribution in [-0.2, 0) is 11.3 Å². The number of H-pyrrole nitrogens is 1. The van der Waals surface area contributed by atoms with Gasteiger partial charge in [-0.2, -0.15) is 0 Å². The van der Waals surface area contributed by atoms with Crippen molar-refractivity contribution in [3.63, 3.8) is 0 Å². The number of aromatic amines is 1. The molecule has 130 valence electrons. The Bertz CT molecular complexity index is 990. The zero-order chi connectivity index (χ0) is 18.1.